The molecule has 5 heteroatoms. The summed E-state index contributed by atoms with van der Waals surface area (Å²) in [4.78, 5) is 14.1. The number of hydrogen-bond donors (Lipinski definition) is 2. The maximum atomic E-state index is 12.0. The number of hydrogen-bond acceptors (Lipinski definition) is 5. The topological polar surface area (TPSA) is 81.6 Å². The molecule has 0 saturated carbocycles. The average molecular weight is 235 g/mol. The molecule has 0 aliphatic carbocycles. The van der Waals surface area contributed by atoms with Crippen LogP contribution < -0.4 is 11.5 Å². The molecule has 4 N–H and O–H groups in total. The number of carbonyl (C=O) groups excluding carboxylic acids is 1. The molecular weight excluding hydrogens is 218 g/mol. The predicted octanol–water partition coefficient (Wildman–Crippen LogP) is 0.366. The number of ketones is 1. The van der Waals surface area contributed by atoms with Crippen molar-refractivity contribution in [1.29, 1.82) is 0 Å². The van der Waals surface area contributed by atoms with Crippen molar-refractivity contribution >= 4 is 17.2 Å². The van der Waals surface area contributed by atoms with Gasteiger partial charge in [0.05, 0.1) is 31.1 Å². The molecular formula is C12H17N3O2. The van der Waals surface area contributed by atoms with Crippen molar-refractivity contribution in [3.63, 3.8) is 0 Å². The SMILES string of the molecule is Nc1ccc(C(=O)CN2CCOCC2)cc1N. The predicted molar refractivity (Wildman–Crippen MR) is 66.9 cm³/mol. The highest BCUT2D eigenvalue weighted by atomic mass is 16.5. The van der Waals surface area contributed by atoms with Crippen molar-refractivity contribution in [3.05, 3.63) is 23.8 Å². The van der Waals surface area contributed by atoms with Gasteiger partial charge in [-0.25, -0.2) is 0 Å². The van der Waals surface area contributed by atoms with Crippen LogP contribution in [0, 0.1) is 0 Å². The van der Waals surface area contributed by atoms with Crippen molar-refractivity contribution in [1.82, 2.24) is 4.90 Å². The second-order valence-corrected chi connectivity index (χ2v) is 4.16. The Hall–Kier alpha value is -1.59. The third kappa shape index (κ3) is 2.95. The Labute approximate surface area is 100 Å². The molecule has 1 aliphatic rings. The van der Waals surface area contributed by atoms with E-state index in [0.29, 0.717) is 36.7 Å². The lowest BCUT2D eigenvalue weighted by atomic mass is 10.1. The number of carbonyl (C=O) groups is 1. The third-order valence-corrected chi connectivity index (χ3v) is 2.88. The maximum Gasteiger partial charge on any atom is 0.176 e. The zero-order valence-electron chi connectivity index (χ0n) is 9.69. The molecule has 17 heavy (non-hydrogen) atoms. The van der Waals surface area contributed by atoms with Crippen LogP contribution in [0.2, 0.25) is 0 Å². The van der Waals surface area contributed by atoms with Crippen LogP contribution >= 0.6 is 0 Å². The van der Waals surface area contributed by atoms with Crippen LogP contribution in [-0.2, 0) is 4.74 Å². The minimum atomic E-state index is 0.0681. The number of ether oxygens (including phenoxy) is 1. The Morgan fingerprint density at radius 1 is 1.24 bits per heavy atom. The van der Waals surface area contributed by atoms with Crippen molar-refractivity contribution in [3.8, 4) is 0 Å². The van der Waals surface area contributed by atoms with Gasteiger partial charge in [0.2, 0.25) is 0 Å². The van der Waals surface area contributed by atoms with Gasteiger partial charge in [0.15, 0.2) is 5.78 Å². The first-order chi connectivity index (χ1) is 8.16. The highest BCUT2D eigenvalue weighted by Gasteiger charge is 2.15. The zero-order valence-corrected chi connectivity index (χ0v) is 9.69. The van der Waals surface area contributed by atoms with E-state index in [4.69, 9.17) is 16.2 Å². The van der Waals surface area contributed by atoms with Gasteiger partial charge in [-0.3, -0.25) is 9.69 Å². The summed E-state index contributed by atoms with van der Waals surface area (Å²) in [6, 6.07) is 5.02. The summed E-state index contributed by atoms with van der Waals surface area (Å²) in [6.45, 7) is 3.40. The lowest BCUT2D eigenvalue weighted by Crippen LogP contribution is -2.39. The Morgan fingerprint density at radius 2 is 1.94 bits per heavy atom. The van der Waals surface area contributed by atoms with E-state index in [1.807, 2.05) is 0 Å². The highest BCUT2D eigenvalue weighted by Crippen LogP contribution is 2.16. The van der Waals surface area contributed by atoms with Crippen LogP contribution in [0.3, 0.4) is 0 Å². The lowest BCUT2D eigenvalue weighted by molar-refractivity contribution is 0.0371. The van der Waals surface area contributed by atoms with Crippen molar-refractivity contribution < 1.29 is 9.53 Å². The van der Waals surface area contributed by atoms with Crippen LogP contribution in [0.15, 0.2) is 18.2 Å². The molecule has 0 radical (unpaired) electrons. The first kappa shape index (κ1) is 11.9. The van der Waals surface area contributed by atoms with Gasteiger partial charge in [-0.15, -0.1) is 0 Å². The highest BCUT2D eigenvalue weighted by molar-refractivity contribution is 5.99. The first-order valence-corrected chi connectivity index (χ1v) is 5.65. The molecule has 1 heterocycles. The minimum Gasteiger partial charge on any atom is -0.397 e. The summed E-state index contributed by atoms with van der Waals surface area (Å²) >= 11 is 0. The molecule has 1 aliphatic heterocycles. The fourth-order valence-corrected chi connectivity index (χ4v) is 1.80. The molecule has 1 saturated heterocycles. The normalized spacial score (nSPS) is 16.9. The van der Waals surface area contributed by atoms with Crippen molar-refractivity contribution in [2.75, 3.05) is 44.3 Å². The van der Waals surface area contributed by atoms with Crippen molar-refractivity contribution in [2.45, 2.75) is 0 Å². The van der Waals surface area contributed by atoms with Gasteiger partial charge < -0.3 is 16.2 Å². The Bertz CT molecular complexity index is 414. The lowest BCUT2D eigenvalue weighted by Gasteiger charge is -2.25. The second kappa shape index (κ2) is 5.16. The van der Waals surface area contributed by atoms with Crippen LogP contribution in [0.25, 0.3) is 0 Å². The number of benzene rings is 1. The molecule has 0 amide bonds. The van der Waals surface area contributed by atoms with Crippen LogP contribution in [0.4, 0.5) is 11.4 Å². The van der Waals surface area contributed by atoms with Gasteiger partial charge in [0.1, 0.15) is 0 Å². The smallest absolute Gasteiger partial charge is 0.176 e. The molecule has 0 aromatic heterocycles. The number of rotatable bonds is 3. The summed E-state index contributed by atoms with van der Waals surface area (Å²) in [6.07, 6.45) is 0. The van der Waals surface area contributed by atoms with E-state index in [9.17, 15) is 4.79 Å². The summed E-state index contributed by atoms with van der Waals surface area (Å²) in [5, 5.41) is 0. The van der Waals surface area contributed by atoms with Gasteiger partial charge in [0.25, 0.3) is 0 Å². The van der Waals surface area contributed by atoms with Crippen molar-refractivity contribution in [2.24, 2.45) is 0 Å². The molecule has 0 atom stereocenters. The molecule has 1 fully saturated rings. The molecule has 1 aromatic carbocycles. The van der Waals surface area contributed by atoms with Gasteiger partial charge in [-0.05, 0) is 18.2 Å². The molecule has 0 spiro atoms. The van der Waals surface area contributed by atoms with E-state index >= 15 is 0 Å². The summed E-state index contributed by atoms with van der Waals surface area (Å²) in [7, 11) is 0. The molecule has 92 valence electrons. The molecule has 0 bridgehead atoms. The van der Waals surface area contributed by atoms with E-state index in [-0.39, 0.29) is 5.78 Å². The number of Topliss-reactive ketones (excluding diaryl/α,β-unsaturated/α-hetero) is 1. The van der Waals surface area contributed by atoms with E-state index in [0.717, 1.165) is 13.1 Å². The zero-order chi connectivity index (χ0) is 12.3. The number of nitrogens with two attached hydrogens (primary N) is 2. The van der Waals surface area contributed by atoms with E-state index in [1.165, 1.54) is 0 Å². The van der Waals surface area contributed by atoms with E-state index in [2.05, 4.69) is 4.90 Å². The Morgan fingerprint density at radius 3 is 2.59 bits per heavy atom. The quantitative estimate of drug-likeness (QED) is 0.584. The molecule has 1 aromatic rings. The third-order valence-electron chi connectivity index (χ3n) is 2.88. The minimum absolute atomic E-state index is 0.0681. The van der Waals surface area contributed by atoms with Gasteiger partial charge in [0, 0.05) is 18.7 Å². The van der Waals surface area contributed by atoms with Crippen LogP contribution in [0.1, 0.15) is 10.4 Å². The van der Waals surface area contributed by atoms with Crippen LogP contribution in [0.5, 0.6) is 0 Å². The number of nitrogen functional groups attached to an aromatic ring is 2. The fourth-order valence-electron chi connectivity index (χ4n) is 1.80. The second-order valence-electron chi connectivity index (χ2n) is 4.16. The summed E-state index contributed by atoms with van der Waals surface area (Å²) in [5.41, 5.74) is 12.9. The standard InChI is InChI=1S/C12H17N3O2/c13-10-2-1-9(7-11(10)14)12(16)8-15-3-5-17-6-4-15/h1-2,7H,3-6,8,13-14H2. The molecule has 2 rings (SSSR count). The fraction of sp³-hybridized carbons (Fsp3) is 0.417. The number of anilines is 2. The van der Waals surface area contributed by atoms with Gasteiger partial charge in [-0.2, -0.15) is 0 Å². The Kier molecular flexibility index (Phi) is 3.61. The molecule has 0 unspecified atom stereocenters. The first-order valence-electron chi connectivity index (χ1n) is 5.65. The Balaban J connectivity index is 2.01. The largest absolute Gasteiger partial charge is 0.397 e. The molecule has 5 nitrogen and oxygen atoms in total. The van der Waals surface area contributed by atoms with Crippen LogP contribution in [-0.4, -0.2) is 43.5 Å². The van der Waals surface area contributed by atoms with E-state index in [1.54, 1.807) is 18.2 Å². The average Bonchev–Trinajstić information content (AvgIpc) is 2.34. The number of morpholine rings is 1. The number of nitrogens with zero attached hydrogens (tertiary/aromatic N) is 1. The van der Waals surface area contributed by atoms with Gasteiger partial charge >= 0.3 is 0 Å². The monoisotopic (exact) mass is 235 g/mol. The van der Waals surface area contributed by atoms with Gasteiger partial charge in [-0.1, -0.05) is 0 Å². The maximum absolute atomic E-state index is 12.0. The summed E-state index contributed by atoms with van der Waals surface area (Å²) in [5.74, 6) is 0.0681. The van der Waals surface area contributed by atoms with E-state index < -0.39 is 0 Å². The summed E-state index contributed by atoms with van der Waals surface area (Å²) < 4.78 is 5.23.